The predicted molar refractivity (Wildman–Crippen MR) is 86.6 cm³/mol. The van der Waals surface area contributed by atoms with Gasteiger partial charge in [0.05, 0.1) is 19.3 Å². The summed E-state index contributed by atoms with van der Waals surface area (Å²) in [5.74, 6) is 0.573. The molecule has 1 unspecified atom stereocenters. The molecule has 122 valence electrons. The lowest BCUT2D eigenvalue weighted by Gasteiger charge is -2.35. The molecule has 1 fully saturated rings. The van der Waals surface area contributed by atoms with E-state index < -0.39 is 0 Å². The number of morpholine rings is 1. The van der Waals surface area contributed by atoms with Gasteiger partial charge in [-0.05, 0) is 24.6 Å². The molecule has 0 aromatic heterocycles. The highest BCUT2D eigenvalue weighted by atomic mass is 19.1. The molecule has 0 radical (unpaired) electrons. The fraction of sp³-hybridized carbons (Fsp3) is 0.562. The summed E-state index contributed by atoms with van der Waals surface area (Å²) in [4.78, 5) is 6.56. The Kier molecular flexibility index (Phi) is 6.61. The van der Waals surface area contributed by atoms with Crippen LogP contribution >= 0.6 is 0 Å². The van der Waals surface area contributed by atoms with Crippen molar-refractivity contribution in [2.45, 2.75) is 13.0 Å². The van der Waals surface area contributed by atoms with Gasteiger partial charge in [0.2, 0.25) is 0 Å². The summed E-state index contributed by atoms with van der Waals surface area (Å²) in [6.45, 7) is 6.79. The number of hydrogen-bond donors (Lipinski definition) is 2. The van der Waals surface area contributed by atoms with Gasteiger partial charge in [-0.15, -0.1) is 0 Å². The highest BCUT2D eigenvalue weighted by Gasteiger charge is 2.22. The van der Waals surface area contributed by atoms with Gasteiger partial charge < -0.3 is 15.4 Å². The number of rotatable bonds is 5. The lowest BCUT2D eigenvalue weighted by atomic mass is 10.0. The Morgan fingerprint density at radius 3 is 2.55 bits per heavy atom. The summed E-state index contributed by atoms with van der Waals surface area (Å²) in [6.07, 6.45) is 0. The number of nitrogens with one attached hydrogen (secondary N) is 2. The molecule has 6 heteroatoms. The van der Waals surface area contributed by atoms with Crippen molar-refractivity contribution >= 4 is 5.96 Å². The minimum absolute atomic E-state index is 0.167. The van der Waals surface area contributed by atoms with E-state index in [1.165, 1.54) is 12.1 Å². The van der Waals surface area contributed by atoms with Crippen LogP contribution in [-0.2, 0) is 4.74 Å². The van der Waals surface area contributed by atoms with Gasteiger partial charge in [0.25, 0.3) is 0 Å². The van der Waals surface area contributed by atoms with E-state index in [2.05, 4.69) is 20.5 Å². The second-order valence-corrected chi connectivity index (χ2v) is 5.20. The van der Waals surface area contributed by atoms with Crippen molar-refractivity contribution in [1.82, 2.24) is 15.5 Å². The van der Waals surface area contributed by atoms with Gasteiger partial charge in [0, 0.05) is 33.2 Å². The molecule has 0 saturated carbocycles. The first-order chi connectivity index (χ1) is 10.7. The average Bonchev–Trinajstić information content (AvgIpc) is 2.56. The van der Waals surface area contributed by atoms with Crippen molar-refractivity contribution in [3.05, 3.63) is 35.6 Å². The third kappa shape index (κ3) is 4.68. The number of nitrogens with zero attached hydrogens (tertiary/aromatic N) is 2. The summed E-state index contributed by atoms with van der Waals surface area (Å²) < 4.78 is 18.6. The van der Waals surface area contributed by atoms with Crippen LogP contribution < -0.4 is 10.6 Å². The fourth-order valence-electron chi connectivity index (χ4n) is 2.61. The molecule has 0 aliphatic carbocycles. The number of hydrogen-bond acceptors (Lipinski definition) is 3. The zero-order valence-corrected chi connectivity index (χ0v) is 13.3. The minimum atomic E-state index is -0.208. The molecular formula is C16H25FN4O. The van der Waals surface area contributed by atoms with E-state index in [-0.39, 0.29) is 11.9 Å². The molecule has 2 N–H and O–H groups in total. The maximum atomic E-state index is 13.2. The SMILES string of the molecule is CCNC(=NC)NCC(c1ccc(F)cc1)N1CCOCC1. The molecular weight excluding hydrogens is 283 g/mol. The molecule has 1 aliphatic rings. The number of ether oxygens (including phenoxy) is 1. The highest BCUT2D eigenvalue weighted by Crippen LogP contribution is 2.21. The standard InChI is InChI=1S/C16H25FN4O/c1-3-19-16(18-2)20-12-15(21-8-10-22-11-9-21)13-4-6-14(17)7-5-13/h4-7,15H,3,8-12H2,1-2H3,(H2,18,19,20). The summed E-state index contributed by atoms with van der Waals surface area (Å²) in [5, 5.41) is 6.53. The molecule has 5 nitrogen and oxygen atoms in total. The molecule has 0 bridgehead atoms. The summed E-state index contributed by atoms with van der Waals surface area (Å²) in [5.41, 5.74) is 1.10. The Morgan fingerprint density at radius 1 is 1.27 bits per heavy atom. The smallest absolute Gasteiger partial charge is 0.191 e. The summed E-state index contributed by atoms with van der Waals surface area (Å²) >= 11 is 0. The zero-order valence-electron chi connectivity index (χ0n) is 13.3. The van der Waals surface area contributed by atoms with Gasteiger partial charge in [-0.2, -0.15) is 0 Å². The Labute approximate surface area is 131 Å². The molecule has 1 aromatic rings. The zero-order chi connectivity index (χ0) is 15.8. The van der Waals surface area contributed by atoms with Crippen molar-refractivity contribution in [1.29, 1.82) is 0 Å². The largest absolute Gasteiger partial charge is 0.379 e. The lowest BCUT2D eigenvalue weighted by Crippen LogP contribution is -2.46. The van der Waals surface area contributed by atoms with Crippen LogP contribution in [0.25, 0.3) is 0 Å². The van der Waals surface area contributed by atoms with Crippen LogP contribution in [0.3, 0.4) is 0 Å². The predicted octanol–water partition coefficient (Wildman–Crippen LogP) is 1.38. The second kappa shape index (κ2) is 8.70. The Balaban J connectivity index is 2.08. The van der Waals surface area contributed by atoms with Crippen LogP contribution in [0, 0.1) is 5.82 Å². The molecule has 1 saturated heterocycles. The van der Waals surface area contributed by atoms with Crippen molar-refractivity contribution < 1.29 is 9.13 Å². The molecule has 0 amide bonds. The van der Waals surface area contributed by atoms with Crippen LogP contribution in [0.2, 0.25) is 0 Å². The molecule has 1 heterocycles. The van der Waals surface area contributed by atoms with Gasteiger partial charge >= 0.3 is 0 Å². The average molecular weight is 308 g/mol. The maximum absolute atomic E-state index is 13.2. The van der Waals surface area contributed by atoms with Gasteiger partial charge in [0.15, 0.2) is 5.96 Å². The van der Waals surface area contributed by atoms with Crippen molar-refractivity contribution in [3.8, 4) is 0 Å². The van der Waals surface area contributed by atoms with E-state index >= 15 is 0 Å². The van der Waals surface area contributed by atoms with Crippen LogP contribution in [-0.4, -0.2) is 57.3 Å². The summed E-state index contributed by atoms with van der Waals surface area (Å²) in [6, 6.07) is 6.91. The topological polar surface area (TPSA) is 48.9 Å². The highest BCUT2D eigenvalue weighted by molar-refractivity contribution is 5.79. The Bertz CT molecular complexity index is 472. The van der Waals surface area contributed by atoms with E-state index in [1.54, 1.807) is 7.05 Å². The second-order valence-electron chi connectivity index (χ2n) is 5.20. The monoisotopic (exact) mass is 308 g/mol. The maximum Gasteiger partial charge on any atom is 0.191 e. The van der Waals surface area contributed by atoms with E-state index in [9.17, 15) is 4.39 Å². The normalized spacial score (nSPS) is 18.0. The molecule has 1 aromatic carbocycles. The molecule has 0 spiro atoms. The number of benzene rings is 1. The fourth-order valence-corrected chi connectivity index (χ4v) is 2.61. The Morgan fingerprint density at radius 2 is 1.95 bits per heavy atom. The molecule has 22 heavy (non-hydrogen) atoms. The summed E-state index contributed by atoms with van der Waals surface area (Å²) in [7, 11) is 1.76. The first kappa shape index (κ1) is 16.7. The quantitative estimate of drug-likeness (QED) is 0.637. The van der Waals surface area contributed by atoms with Crippen LogP contribution in [0.4, 0.5) is 4.39 Å². The van der Waals surface area contributed by atoms with Crippen molar-refractivity contribution in [2.75, 3.05) is 46.4 Å². The first-order valence-corrected chi connectivity index (χ1v) is 7.76. The lowest BCUT2D eigenvalue weighted by molar-refractivity contribution is 0.0170. The van der Waals surface area contributed by atoms with Crippen LogP contribution in [0.5, 0.6) is 0 Å². The van der Waals surface area contributed by atoms with Crippen molar-refractivity contribution in [3.63, 3.8) is 0 Å². The number of aliphatic imine (C=N–C) groups is 1. The van der Waals surface area contributed by atoms with Gasteiger partial charge in [-0.1, -0.05) is 12.1 Å². The van der Waals surface area contributed by atoms with Gasteiger partial charge in [-0.3, -0.25) is 9.89 Å². The van der Waals surface area contributed by atoms with E-state index in [0.29, 0.717) is 6.54 Å². The minimum Gasteiger partial charge on any atom is -0.379 e. The van der Waals surface area contributed by atoms with E-state index in [0.717, 1.165) is 44.4 Å². The van der Waals surface area contributed by atoms with E-state index in [1.807, 2.05) is 19.1 Å². The number of guanidine groups is 1. The number of halogens is 1. The molecule has 1 atom stereocenters. The van der Waals surface area contributed by atoms with Gasteiger partial charge in [-0.25, -0.2) is 4.39 Å². The Hall–Kier alpha value is -1.66. The molecule has 2 rings (SSSR count). The van der Waals surface area contributed by atoms with Crippen molar-refractivity contribution in [2.24, 2.45) is 4.99 Å². The molecule has 1 aliphatic heterocycles. The third-order valence-electron chi connectivity index (χ3n) is 3.77. The van der Waals surface area contributed by atoms with Crippen LogP contribution in [0.1, 0.15) is 18.5 Å². The van der Waals surface area contributed by atoms with Crippen LogP contribution in [0.15, 0.2) is 29.3 Å². The third-order valence-corrected chi connectivity index (χ3v) is 3.77. The van der Waals surface area contributed by atoms with E-state index in [4.69, 9.17) is 4.74 Å². The van der Waals surface area contributed by atoms with Gasteiger partial charge in [0.1, 0.15) is 5.82 Å². The first-order valence-electron chi connectivity index (χ1n) is 7.76.